The average Bonchev–Trinajstić information content (AvgIpc) is 3.16. The summed E-state index contributed by atoms with van der Waals surface area (Å²) in [5, 5.41) is 8.18. The van der Waals surface area contributed by atoms with Gasteiger partial charge >= 0.3 is 0 Å². The summed E-state index contributed by atoms with van der Waals surface area (Å²) in [5.41, 5.74) is 2.41. The van der Waals surface area contributed by atoms with Crippen LogP contribution in [0.4, 0.5) is 11.4 Å². The fourth-order valence-corrected chi connectivity index (χ4v) is 3.96. The van der Waals surface area contributed by atoms with Crippen LogP contribution in [0.25, 0.3) is 0 Å². The highest BCUT2D eigenvalue weighted by molar-refractivity contribution is 6.18. The highest BCUT2D eigenvalue weighted by Gasteiger charge is 2.22. The van der Waals surface area contributed by atoms with Crippen molar-refractivity contribution in [3.8, 4) is 5.75 Å². The summed E-state index contributed by atoms with van der Waals surface area (Å²) in [6.07, 6.45) is 2.56. The van der Waals surface area contributed by atoms with E-state index in [0.29, 0.717) is 28.4 Å². The van der Waals surface area contributed by atoms with Crippen molar-refractivity contribution >= 4 is 46.6 Å². The number of hydrogen-bond donors (Lipinski definition) is 3. The molecule has 0 saturated heterocycles. The molecular formula is C28H29N5O7. The van der Waals surface area contributed by atoms with E-state index in [1.165, 1.54) is 12.2 Å². The maximum Gasteiger partial charge on any atom is 0.258 e. The third-order valence-electron chi connectivity index (χ3n) is 5.92. The number of carbonyl (C=O) groups is 5. The molecule has 0 aliphatic carbocycles. The molecule has 0 radical (unpaired) electrons. The Kier molecular flexibility index (Phi) is 9.72. The lowest BCUT2D eigenvalue weighted by Crippen LogP contribution is -2.37. The van der Waals surface area contributed by atoms with Crippen molar-refractivity contribution < 1.29 is 33.4 Å². The zero-order valence-electron chi connectivity index (χ0n) is 21.7. The number of carbonyl (C=O) groups excluding carboxylic acids is 5. The number of anilines is 1. The molecule has 2 heterocycles. The third-order valence-corrected chi connectivity index (χ3v) is 5.92. The lowest BCUT2D eigenvalue weighted by atomic mass is 10.1. The van der Waals surface area contributed by atoms with E-state index < -0.39 is 0 Å². The normalized spacial score (nSPS) is 14.2. The standard InChI is InChI=1S/C28H29N5O7/c34-24(11-15-39-16-14-33-27(37)9-10-28(33)38)29-12-13-30-26(36)18-40-23-8-4-1-5-19(23)22-17-25(35)32-21-7-3-2-6-20(21)31-22/h1-10H,11-18H2,(H,29,34)(H,30,36)(H,32,35). The smallest absolute Gasteiger partial charge is 0.258 e. The molecule has 40 heavy (non-hydrogen) atoms. The number of imide groups is 1. The number of rotatable bonds is 13. The second-order valence-electron chi connectivity index (χ2n) is 8.81. The Morgan fingerprint density at radius 3 is 2.40 bits per heavy atom. The first-order valence-electron chi connectivity index (χ1n) is 12.7. The lowest BCUT2D eigenvalue weighted by molar-refractivity contribution is -0.138. The van der Waals surface area contributed by atoms with Crippen LogP contribution in [-0.4, -0.2) is 79.6 Å². The van der Waals surface area contributed by atoms with Crippen molar-refractivity contribution in [3.63, 3.8) is 0 Å². The molecule has 12 nitrogen and oxygen atoms in total. The van der Waals surface area contributed by atoms with Gasteiger partial charge in [-0.15, -0.1) is 0 Å². The monoisotopic (exact) mass is 547 g/mol. The van der Waals surface area contributed by atoms with Crippen LogP contribution < -0.4 is 20.7 Å². The highest BCUT2D eigenvalue weighted by Crippen LogP contribution is 2.30. The summed E-state index contributed by atoms with van der Waals surface area (Å²) in [5.74, 6) is -1.17. The minimum absolute atomic E-state index is 0.0568. The van der Waals surface area contributed by atoms with Crippen LogP contribution in [0.3, 0.4) is 0 Å². The average molecular weight is 548 g/mol. The second-order valence-corrected chi connectivity index (χ2v) is 8.81. The Balaban J connectivity index is 1.15. The molecule has 0 unspecified atom stereocenters. The Morgan fingerprint density at radius 2 is 1.60 bits per heavy atom. The van der Waals surface area contributed by atoms with Crippen molar-refractivity contribution in [1.29, 1.82) is 0 Å². The Hall–Kier alpha value is -4.84. The first-order valence-corrected chi connectivity index (χ1v) is 12.7. The fourth-order valence-electron chi connectivity index (χ4n) is 3.96. The van der Waals surface area contributed by atoms with Gasteiger partial charge in [0.2, 0.25) is 11.8 Å². The van der Waals surface area contributed by atoms with E-state index in [4.69, 9.17) is 9.47 Å². The van der Waals surface area contributed by atoms with Gasteiger partial charge in [0.1, 0.15) is 5.75 Å². The zero-order valence-corrected chi connectivity index (χ0v) is 21.7. The topological polar surface area (TPSA) is 156 Å². The van der Waals surface area contributed by atoms with Gasteiger partial charge in [-0.25, -0.2) is 4.99 Å². The molecule has 0 aromatic heterocycles. The van der Waals surface area contributed by atoms with Crippen LogP contribution >= 0.6 is 0 Å². The molecule has 0 saturated carbocycles. The van der Waals surface area contributed by atoms with Crippen LogP contribution in [0.5, 0.6) is 5.75 Å². The molecule has 5 amide bonds. The molecule has 208 valence electrons. The van der Waals surface area contributed by atoms with Gasteiger partial charge in [0.05, 0.1) is 43.3 Å². The van der Waals surface area contributed by atoms with Gasteiger partial charge in [-0.05, 0) is 24.3 Å². The lowest BCUT2D eigenvalue weighted by Gasteiger charge is -2.13. The van der Waals surface area contributed by atoms with Gasteiger partial charge in [0.15, 0.2) is 6.61 Å². The molecule has 2 aliphatic heterocycles. The van der Waals surface area contributed by atoms with Crippen molar-refractivity contribution in [3.05, 3.63) is 66.2 Å². The molecule has 2 aromatic carbocycles. The molecular weight excluding hydrogens is 518 g/mol. The van der Waals surface area contributed by atoms with Gasteiger partial charge in [-0.3, -0.25) is 28.9 Å². The van der Waals surface area contributed by atoms with E-state index in [0.717, 1.165) is 4.90 Å². The van der Waals surface area contributed by atoms with Crippen LogP contribution in [0.2, 0.25) is 0 Å². The maximum atomic E-state index is 12.4. The molecule has 12 heteroatoms. The number of nitrogens with zero attached hydrogens (tertiary/aromatic N) is 2. The predicted molar refractivity (Wildman–Crippen MR) is 145 cm³/mol. The summed E-state index contributed by atoms with van der Waals surface area (Å²) in [4.78, 5) is 65.2. The first kappa shape index (κ1) is 28.2. The minimum atomic E-state index is -0.378. The van der Waals surface area contributed by atoms with Crippen LogP contribution in [0.1, 0.15) is 18.4 Å². The van der Waals surface area contributed by atoms with Gasteiger partial charge in [0.25, 0.3) is 17.7 Å². The number of fused-ring (bicyclic) bond motifs is 1. The Bertz CT molecular complexity index is 1340. The van der Waals surface area contributed by atoms with Crippen molar-refractivity contribution in [2.45, 2.75) is 12.8 Å². The van der Waals surface area contributed by atoms with E-state index in [1.807, 2.05) is 18.2 Å². The van der Waals surface area contributed by atoms with Crippen molar-refractivity contribution in [2.75, 3.05) is 44.8 Å². The summed E-state index contributed by atoms with van der Waals surface area (Å²) < 4.78 is 11.1. The first-order chi connectivity index (χ1) is 19.4. The van der Waals surface area contributed by atoms with E-state index in [9.17, 15) is 24.0 Å². The van der Waals surface area contributed by atoms with Crippen LogP contribution in [0, 0.1) is 0 Å². The van der Waals surface area contributed by atoms with Crippen molar-refractivity contribution in [1.82, 2.24) is 15.5 Å². The van der Waals surface area contributed by atoms with Gasteiger partial charge in [-0.2, -0.15) is 0 Å². The molecule has 3 N–H and O–H groups in total. The molecule has 0 bridgehead atoms. The Morgan fingerprint density at radius 1 is 0.900 bits per heavy atom. The number of aliphatic imine (C=N–C) groups is 1. The summed E-state index contributed by atoms with van der Waals surface area (Å²) in [6, 6.07) is 14.3. The second kappa shape index (κ2) is 13.8. The molecule has 4 rings (SSSR count). The molecule has 2 aliphatic rings. The van der Waals surface area contributed by atoms with E-state index in [1.54, 1.807) is 30.3 Å². The highest BCUT2D eigenvalue weighted by atomic mass is 16.5. The SMILES string of the molecule is O=C(CCOCCN1C(=O)C=CC1=O)NCCNC(=O)COc1ccccc1C1=Nc2ccccc2NC(=O)C1. The van der Waals surface area contributed by atoms with Crippen LogP contribution in [-0.2, 0) is 28.7 Å². The fraction of sp³-hybridized carbons (Fsp3) is 0.286. The number of benzene rings is 2. The number of nitrogens with one attached hydrogen (secondary N) is 3. The third kappa shape index (κ3) is 7.84. The number of hydrogen-bond acceptors (Lipinski definition) is 8. The van der Waals surface area contributed by atoms with E-state index >= 15 is 0 Å². The maximum absolute atomic E-state index is 12.4. The quantitative estimate of drug-likeness (QED) is 0.250. The summed E-state index contributed by atoms with van der Waals surface area (Å²) >= 11 is 0. The molecule has 0 fully saturated rings. The van der Waals surface area contributed by atoms with Crippen molar-refractivity contribution in [2.24, 2.45) is 4.99 Å². The number of para-hydroxylation sites is 3. The predicted octanol–water partition coefficient (Wildman–Crippen LogP) is 1.09. The van der Waals surface area contributed by atoms with Gasteiger partial charge < -0.3 is 25.4 Å². The molecule has 0 spiro atoms. The summed E-state index contributed by atoms with van der Waals surface area (Å²) in [6.45, 7) is 0.559. The van der Waals surface area contributed by atoms with Gasteiger partial charge in [-0.1, -0.05) is 24.3 Å². The van der Waals surface area contributed by atoms with Crippen LogP contribution in [0.15, 0.2) is 65.7 Å². The number of amides is 5. The number of ether oxygens (including phenoxy) is 2. The van der Waals surface area contributed by atoms with Gasteiger partial charge in [0, 0.05) is 37.2 Å². The largest absolute Gasteiger partial charge is 0.483 e. The van der Waals surface area contributed by atoms with E-state index in [-0.39, 0.29) is 81.8 Å². The minimum Gasteiger partial charge on any atom is -0.483 e. The summed E-state index contributed by atoms with van der Waals surface area (Å²) in [7, 11) is 0. The Labute approximate surface area is 230 Å². The molecule has 0 atom stereocenters. The molecule has 2 aromatic rings. The zero-order chi connectivity index (χ0) is 28.3. The van der Waals surface area contributed by atoms with E-state index in [2.05, 4.69) is 20.9 Å².